The van der Waals surface area contributed by atoms with E-state index in [0.717, 1.165) is 22.2 Å². The zero-order valence-electron chi connectivity index (χ0n) is 24.2. The zero-order chi connectivity index (χ0) is 31.3. The van der Waals surface area contributed by atoms with Crippen LogP contribution in [0.1, 0.15) is 37.9 Å². The molecule has 2 aromatic carbocycles. The first kappa shape index (κ1) is 30.9. The molecule has 2 heterocycles. The number of fused-ring (bicyclic) bond motifs is 3. The van der Waals surface area contributed by atoms with Crippen molar-refractivity contribution in [3.05, 3.63) is 59.8 Å². The number of para-hydroxylation sites is 1. The Bertz CT molecular complexity index is 1530. The van der Waals surface area contributed by atoms with E-state index in [9.17, 15) is 24.0 Å². The Kier molecular flexibility index (Phi) is 9.53. The van der Waals surface area contributed by atoms with E-state index in [1.807, 2.05) is 38.1 Å². The largest absolute Gasteiger partial charge is 0.497 e. The van der Waals surface area contributed by atoms with Gasteiger partial charge in [-0.05, 0) is 36.1 Å². The molecule has 228 valence electrons. The number of carboxylic acid groups (broad SMARTS) is 1. The molecule has 0 aliphatic carbocycles. The lowest BCUT2D eigenvalue weighted by molar-refractivity contribution is -0.140. The number of benzene rings is 2. The van der Waals surface area contributed by atoms with E-state index in [2.05, 4.69) is 20.9 Å². The number of aliphatic carboxylic acids is 1. The number of amides is 5. The summed E-state index contributed by atoms with van der Waals surface area (Å²) in [5.74, 6) is -3.16. The number of rotatable bonds is 11. The molecule has 0 saturated carbocycles. The van der Waals surface area contributed by atoms with Gasteiger partial charge in [0, 0.05) is 34.8 Å². The van der Waals surface area contributed by atoms with Gasteiger partial charge in [0.05, 0.1) is 20.1 Å². The van der Waals surface area contributed by atoms with Gasteiger partial charge in [-0.25, -0.2) is 4.79 Å². The molecule has 0 radical (unpaired) electrons. The maximum absolute atomic E-state index is 13.9. The standard InChI is InChI=1S/C30H36N6O7/c1-16(2)11-23(28(40)34-22(27(31)39)14-26(37)38)35-29(41)25-13-20-19-9-4-5-10-21(19)33-24(20)15-36(25)30(42)32-17-7-6-8-18(12-17)43-3/h4-10,12,16,22-23,25,33H,11,13-15H2,1-3H3,(H2,31,39)(H,32,42)(H,34,40)(H,35,41)(H,37,38)/t22-,23-,25+/m0/s1. The molecule has 0 fully saturated rings. The van der Waals surface area contributed by atoms with Crippen molar-refractivity contribution >= 4 is 46.3 Å². The average Bonchev–Trinajstić information content (AvgIpc) is 3.33. The Labute approximate surface area is 248 Å². The van der Waals surface area contributed by atoms with Gasteiger partial charge in [-0.15, -0.1) is 0 Å². The molecule has 1 aliphatic heterocycles. The second-order valence-corrected chi connectivity index (χ2v) is 10.9. The number of anilines is 1. The highest BCUT2D eigenvalue weighted by atomic mass is 16.5. The zero-order valence-corrected chi connectivity index (χ0v) is 24.2. The number of ether oxygens (including phenoxy) is 1. The second-order valence-electron chi connectivity index (χ2n) is 10.9. The van der Waals surface area contributed by atoms with Gasteiger partial charge in [0.25, 0.3) is 0 Å². The summed E-state index contributed by atoms with van der Waals surface area (Å²) in [7, 11) is 1.51. The van der Waals surface area contributed by atoms with Gasteiger partial charge < -0.3 is 41.4 Å². The van der Waals surface area contributed by atoms with Crippen LogP contribution in [0.4, 0.5) is 10.5 Å². The van der Waals surface area contributed by atoms with Crippen LogP contribution >= 0.6 is 0 Å². The molecule has 0 unspecified atom stereocenters. The molecule has 7 N–H and O–H groups in total. The normalized spacial score (nSPS) is 15.7. The molecule has 3 atom stereocenters. The molecule has 0 bridgehead atoms. The number of primary amides is 1. The first-order valence-electron chi connectivity index (χ1n) is 13.9. The summed E-state index contributed by atoms with van der Waals surface area (Å²) in [4.78, 5) is 68.4. The van der Waals surface area contributed by atoms with Crippen LogP contribution in [0.25, 0.3) is 10.9 Å². The molecule has 13 nitrogen and oxygen atoms in total. The van der Waals surface area contributed by atoms with Crippen LogP contribution in [0.2, 0.25) is 0 Å². The summed E-state index contributed by atoms with van der Waals surface area (Å²) in [5, 5.41) is 18.0. The number of carbonyl (C=O) groups is 5. The minimum absolute atomic E-state index is 0.0541. The number of aromatic amines is 1. The van der Waals surface area contributed by atoms with Crippen LogP contribution in [0.5, 0.6) is 5.75 Å². The van der Waals surface area contributed by atoms with E-state index in [-0.39, 0.29) is 25.3 Å². The fourth-order valence-corrected chi connectivity index (χ4v) is 5.19. The predicted molar refractivity (Wildman–Crippen MR) is 158 cm³/mol. The number of carbonyl (C=O) groups excluding carboxylic acids is 4. The monoisotopic (exact) mass is 592 g/mol. The molecule has 1 aromatic heterocycles. The lowest BCUT2D eigenvalue weighted by atomic mass is 9.95. The summed E-state index contributed by atoms with van der Waals surface area (Å²) < 4.78 is 5.25. The van der Waals surface area contributed by atoms with Gasteiger partial charge in [-0.2, -0.15) is 0 Å². The molecule has 5 amide bonds. The van der Waals surface area contributed by atoms with Gasteiger partial charge in [-0.1, -0.05) is 38.1 Å². The van der Waals surface area contributed by atoms with Gasteiger partial charge in [0.2, 0.25) is 17.7 Å². The molecule has 4 rings (SSSR count). The van der Waals surface area contributed by atoms with Gasteiger partial charge in [0.1, 0.15) is 23.9 Å². The highest BCUT2D eigenvalue weighted by molar-refractivity contribution is 5.98. The molecule has 13 heteroatoms. The Morgan fingerprint density at radius 2 is 1.81 bits per heavy atom. The van der Waals surface area contributed by atoms with Gasteiger partial charge in [0.15, 0.2) is 0 Å². The van der Waals surface area contributed by atoms with E-state index in [1.165, 1.54) is 12.0 Å². The van der Waals surface area contributed by atoms with Crippen LogP contribution in [-0.4, -0.2) is 69.9 Å². The summed E-state index contributed by atoms with van der Waals surface area (Å²) in [6.07, 6.45) is -0.333. The van der Waals surface area contributed by atoms with E-state index in [4.69, 9.17) is 15.6 Å². The van der Waals surface area contributed by atoms with Crippen molar-refractivity contribution < 1.29 is 33.8 Å². The van der Waals surface area contributed by atoms with E-state index < -0.39 is 54.3 Å². The average molecular weight is 593 g/mol. The SMILES string of the molecule is COc1cccc(NC(=O)N2Cc3[nH]c4ccccc4c3C[C@@H]2C(=O)N[C@@H](CC(C)C)C(=O)N[C@@H](CC(=O)O)C(N)=O)c1. The third-order valence-corrected chi connectivity index (χ3v) is 7.27. The van der Waals surface area contributed by atoms with Crippen LogP contribution in [0.3, 0.4) is 0 Å². The van der Waals surface area contributed by atoms with E-state index in [0.29, 0.717) is 11.4 Å². The molecular formula is C30H36N6O7. The Balaban J connectivity index is 1.62. The number of methoxy groups -OCH3 is 1. The summed E-state index contributed by atoms with van der Waals surface area (Å²) in [6, 6.07) is 10.4. The molecule has 0 spiro atoms. The highest BCUT2D eigenvalue weighted by Crippen LogP contribution is 2.31. The van der Waals surface area contributed by atoms with Crippen molar-refractivity contribution in [2.75, 3.05) is 12.4 Å². The molecule has 3 aromatic rings. The minimum Gasteiger partial charge on any atom is -0.497 e. The molecule has 1 aliphatic rings. The summed E-state index contributed by atoms with van der Waals surface area (Å²) >= 11 is 0. The maximum Gasteiger partial charge on any atom is 0.322 e. The summed E-state index contributed by atoms with van der Waals surface area (Å²) in [6.45, 7) is 3.80. The van der Waals surface area contributed by atoms with Crippen molar-refractivity contribution in [3.63, 3.8) is 0 Å². The van der Waals surface area contributed by atoms with Gasteiger partial charge in [-0.3, -0.25) is 19.2 Å². The first-order valence-corrected chi connectivity index (χ1v) is 13.9. The van der Waals surface area contributed by atoms with Crippen molar-refractivity contribution in [1.82, 2.24) is 20.5 Å². The second kappa shape index (κ2) is 13.3. The van der Waals surface area contributed by atoms with Gasteiger partial charge >= 0.3 is 12.0 Å². The number of carboxylic acids is 1. The highest BCUT2D eigenvalue weighted by Gasteiger charge is 2.38. The molecular weight excluding hydrogens is 556 g/mol. The number of urea groups is 1. The number of nitrogens with zero attached hydrogens (tertiary/aromatic N) is 1. The maximum atomic E-state index is 13.9. The minimum atomic E-state index is -1.45. The number of nitrogens with two attached hydrogens (primary N) is 1. The number of nitrogens with one attached hydrogen (secondary N) is 4. The quantitative estimate of drug-likeness (QED) is 0.196. The topological polar surface area (TPSA) is 196 Å². The predicted octanol–water partition coefficient (Wildman–Crippen LogP) is 2.11. The molecule has 43 heavy (non-hydrogen) atoms. The smallest absolute Gasteiger partial charge is 0.322 e. The number of aromatic nitrogens is 1. The van der Waals surface area contributed by atoms with Crippen LogP contribution in [0.15, 0.2) is 48.5 Å². The van der Waals surface area contributed by atoms with Crippen LogP contribution in [-0.2, 0) is 32.1 Å². The lowest BCUT2D eigenvalue weighted by Gasteiger charge is -2.35. The summed E-state index contributed by atoms with van der Waals surface area (Å²) in [5.41, 5.74) is 8.32. The van der Waals surface area contributed by atoms with Crippen molar-refractivity contribution in [3.8, 4) is 5.75 Å². The van der Waals surface area contributed by atoms with Crippen LogP contribution < -0.4 is 26.4 Å². The number of hydrogen-bond acceptors (Lipinski definition) is 6. The fraction of sp³-hybridized carbons (Fsp3) is 0.367. The number of hydrogen-bond donors (Lipinski definition) is 6. The van der Waals surface area contributed by atoms with Crippen molar-refractivity contribution in [1.29, 1.82) is 0 Å². The van der Waals surface area contributed by atoms with Crippen LogP contribution in [0, 0.1) is 5.92 Å². The molecule has 0 saturated heterocycles. The first-order chi connectivity index (χ1) is 20.5. The Morgan fingerprint density at radius 3 is 2.49 bits per heavy atom. The fourth-order valence-electron chi connectivity index (χ4n) is 5.19. The Morgan fingerprint density at radius 1 is 1.07 bits per heavy atom. The lowest BCUT2D eigenvalue weighted by Crippen LogP contribution is -2.59. The van der Waals surface area contributed by atoms with E-state index >= 15 is 0 Å². The Hall–Kier alpha value is -5.07. The third-order valence-electron chi connectivity index (χ3n) is 7.27. The van der Waals surface area contributed by atoms with Crippen molar-refractivity contribution in [2.45, 2.75) is 57.8 Å². The van der Waals surface area contributed by atoms with Crippen molar-refractivity contribution in [2.24, 2.45) is 11.7 Å². The number of H-pyrrole nitrogens is 1. The van der Waals surface area contributed by atoms with E-state index in [1.54, 1.807) is 24.3 Å². The third kappa shape index (κ3) is 7.42.